The average molecular weight is 527 g/mol. The molecule has 1 aromatic carbocycles. The van der Waals surface area contributed by atoms with Crippen molar-refractivity contribution in [3.63, 3.8) is 0 Å². The summed E-state index contributed by atoms with van der Waals surface area (Å²) in [5.41, 5.74) is 5.51. The molecule has 0 amide bonds. The highest BCUT2D eigenvalue weighted by Crippen LogP contribution is 2.42. The third-order valence-electron chi connectivity index (χ3n) is 6.09. The number of aromatic nitrogens is 2. The number of nitrogens with zero attached hydrogens (tertiary/aromatic N) is 3. The van der Waals surface area contributed by atoms with E-state index in [2.05, 4.69) is 67.7 Å². The van der Waals surface area contributed by atoms with Crippen LogP contribution in [-0.4, -0.2) is 39.2 Å². The summed E-state index contributed by atoms with van der Waals surface area (Å²) in [6.07, 6.45) is 2.82. The second-order valence-electron chi connectivity index (χ2n) is 8.11. The minimum absolute atomic E-state index is 0.0486. The van der Waals surface area contributed by atoms with E-state index in [0.717, 1.165) is 27.2 Å². The van der Waals surface area contributed by atoms with Gasteiger partial charge in [0.25, 0.3) is 0 Å². The number of pyridine rings is 1. The lowest BCUT2D eigenvalue weighted by Crippen LogP contribution is -2.31. The van der Waals surface area contributed by atoms with Crippen LogP contribution in [0.2, 0.25) is 0 Å². The largest absolute Gasteiger partial charge is 0.469 e. The van der Waals surface area contributed by atoms with Gasteiger partial charge in [-0.3, -0.25) is 9.78 Å². The van der Waals surface area contributed by atoms with Crippen molar-refractivity contribution in [2.75, 3.05) is 13.7 Å². The summed E-state index contributed by atoms with van der Waals surface area (Å²) in [4.78, 5) is 18.5. The molecule has 1 N–H and O–H groups in total. The molecular formula is C25H27BrN4O2S. The number of hydrogen-bond acceptors (Lipinski definition) is 4. The Hall–Kier alpha value is -2.71. The maximum Gasteiger partial charge on any atom is 0.305 e. The van der Waals surface area contributed by atoms with Gasteiger partial charge in [-0.15, -0.1) is 0 Å². The van der Waals surface area contributed by atoms with Gasteiger partial charge in [-0.25, -0.2) is 0 Å². The Morgan fingerprint density at radius 1 is 1.21 bits per heavy atom. The second kappa shape index (κ2) is 10.1. The van der Waals surface area contributed by atoms with Crippen LogP contribution in [0.15, 0.2) is 59.2 Å². The van der Waals surface area contributed by atoms with Gasteiger partial charge < -0.3 is 19.5 Å². The number of nitrogens with one attached hydrogen (secondary N) is 1. The molecule has 4 rings (SSSR count). The average Bonchev–Trinajstić information content (AvgIpc) is 3.30. The van der Waals surface area contributed by atoms with E-state index >= 15 is 0 Å². The number of methoxy groups -OCH3 is 1. The van der Waals surface area contributed by atoms with E-state index in [1.165, 1.54) is 12.7 Å². The number of rotatable bonds is 7. The van der Waals surface area contributed by atoms with E-state index in [9.17, 15) is 4.79 Å². The van der Waals surface area contributed by atoms with Crippen LogP contribution in [0.5, 0.6) is 0 Å². The highest BCUT2D eigenvalue weighted by atomic mass is 79.9. The molecule has 0 unspecified atom stereocenters. The first kappa shape index (κ1) is 23.4. The van der Waals surface area contributed by atoms with E-state index in [0.29, 0.717) is 24.5 Å². The number of ether oxygens (including phenoxy) is 1. The summed E-state index contributed by atoms with van der Waals surface area (Å²) in [6.45, 7) is 4.91. The molecule has 0 radical (unpaired) electrons. The third-order valence-corrected chi connectivity index (χ3v) is 7.11. The van der Waals surface area contributed by atoms with Crippen molar-refractivity contribution in [3.8, 4) is 5.69 Å². The smallest absolute Gasteiger partial charge is 0.305 e. The molecule has 172 valence electrons. The fourth-order valence-corrected chi connectivity index (χ4v) is 5.37. The lowest BCUT2D eigenvalue weighted by Gasteiger charge is -2.28. The first-order chi connectivity index (χ1) is 15.9. The Morgan fingerprint density at radius 3 is 2.67 bits per heavy atom. The van der Waals surface area contributed by atoms with Crippen molar-refractivity contribution >= 4 is 39.2 Å². The number of hydrogen-bond donors (Lipinski definition) is 1. The van der Waals surface area contributed by atoms with E-state index in [1.807, 2.05) is 30.3 Å². The quantitative estimate of drug-likeness (QED) is 0.338. The maximum atomic E-state index is 11.7. The van der Waals surface area contributed by atoms with Gasteiger partial charge >= 0.3 is 5.97 Å². The zero-order chi connectivity index (χ0) is 23.5. The number of benzene rings is 1. The van der Waals surface area contributed by atoms with Gasteiger partial charge in [-0.2, -0.15) is 0 Å². The Morgan fingerprint density at radius 2 is 1.97 bits per heavy atom. The van der Waals surface area contributed by atoms with Crippen LogP contribution < -0.4 is 5.32 Å². The van der Waals surface area contributed by atoms with Gasteiger partial charge in [-0.05, 0) is 84.3 Å². The van der Waals surface area contributed by atoms with Crippen molar-refractivity contribution in [2.24, 2.45) is 0 Å². The summed E-state index contributed by atoms with van der Waals surface area (Å²) in [6, 6.07) is 16.2. The SMILES string of the molecule is COC(=O)CCCN1C(=S)N[C@@H](c2ccccn2)[C@H]1c1cc(C)n(-c2ccccc2Br)c1C. The summed E-state index contributed by atoms with van der Waals surface area (Å²) >= 11 is 9.46. The predicted molar refractivity (Wildman–Crippen MR) is 136 cm³/mol. The molecule has 0 spiro atoms. The Labute approximate surface area is 208 Å². The number of thiocarbonyl (C=S) groups is 1. The molecule has 8 heteroatoms. The molecule has 1 aliphatic rings. The summed E-state index contributed by atoms with van der Waals surface area (Å²) in [5.74, 6) is -0.210. The fraction of sp³-hybridized carbons (Fsp3) is 0.320. The fourth-order valence-electron chi connectivity index (χ4n) is 4.57. The maximum absolute atomic E-state index is 11.7. The monoisotopic (exact) mass is 526 g/mol. The molecule has 0 bridgehead atoms. The van der Waals surface area contributed by atoms with Crippen LogP contribution in [0.25, 0.3) is 5.69 Å². The van der Waals surface area contributed by atoms with Gasteiger partial charge in [0.05, 0.1) is 30.6 Å². The number of carbonyl (C=O) groups is 1. The highest BCUT2D eigenvalue weighted by Gasteiger charge is 2.41. The molecule has 2 atom stereocenters. The molecule has 1 fully saturated rings. The molecule has 1 aliphatic heterocycles. The third kappa shape index (κ3) is 4.68. The molecule has 3 aromatic rings. The second-order valence-corrected chi connectivity index (χ2v) is 9.35. The normalized spacial score (nSPS) is 17.8. The number of halogens is 1. The molecule has 1 saturated heterocycles. The number of esters is 1. The zero-order valence-corrected chi connectivity index (χ0v) is 21.3. The number of para-hydroxylation sites is 1. The standard InChI is InChI=1S/C25H27BrN4O2S/c1-16-15-18(17(2)30(16)21-11-5-4-9-19(21)26)24-23(20-10-6-7-13-27-20)28-25(33)29(24)14-8-12-22(31)32-3/h4-7,9-11,13,15,23-24H,8,12,14H2,1-3H3,(H,28,33)/t23-,24+/m0/s1. The number of aryl methyl sites for hydroxylation is 1. The van der Waals surface area contributed by atoms with Gasteiger partial charge in [-0.1, -0.05) is 18.2 Å². The van der Waals surface area contributed by atoms with Gasteiger partial charge in [0.15, 0.2) is 5.11 Å². The van der Waals surface area contributed by atoms with Crippen LogP contribution in [0.4, 0.5) is 0 Å². The topological polar surface area (TPSA) is 59.4 Å². The molecule has 33 heavy (non-hydrogen) atoms. The Balaban J connectivity index is 1.76. The van der Waals surface area contributed by atoms with Crippen molar-refractivity contribution in [1.82, 2.24) is 19.8 Å². The van der Waals surface area contributed by atoms with Crippen molar-refractivity contribution in [1.29, 1.82) is 0 Å². The van der Waals surface area contributed by atoms with Gasteiger partial charge in [0.1, 0.15) is 0 Å². The zero-order valence-electron chi connectivity index (χ0n) is 18.9. The van der Waals surface area contributed by atoms with Crippen LogP contribution in [0.3, 0.4) is 0 Å². The molecule has 3 heterocycles. The van der Waals surface area contributed by atoms with Crippen molar-refractivity contribution in [3.05, 3.63) is 81.8 Å². The molecule has 0 saturated carbocycles. The van der Waals surface area contributed by atoms with Crippen LogP contribution in [0.1, 0.15) is 47.6 Å². The summed E-state index contributed by atoms with van der Waals surface area (Å²) < 4.78 is 8.12. The number of carbonyl (C=O) groups excluding carboxylic acids is 1. The van der Waals surface area contributed by atoms with Crippen LogP contribution in [0, 0.1) is 13.8 Å². The first-order valence-electron chi connectivity index (χ1n) is 10.9. The van der Waals surface area contributed by atoms with Crippen LogP contribution >= 0.6 is 28.1 Å². The van der Waals surface area contributed by atoms with Crippen molar-refractivity contribution in [2.45, 2.75) is 38.8 Å². The Kier molecular flexibility index (Phi) is 7.14. The molecule has 2 aromatic heterocycles. The molecular weight excluding hydrogens is 500 g/mol. The van der Waals surface area contributed by atoms with E-state index in [4.69, 9.17) is 17.0 Å². The predicted octanol–water partition coefficient (Wildman–Crippen LogP) is 5.18. The van der Waals surface area contributed by atoms with Gasteiger partial charge in [0, 0.05) is 35.0 Å². The first-order valence-corrected chi connectivity index (χ1v) is 12.1. The van der Waals surface area contributed by atoms with Gasteiger partial charge in [0.2, 0.25) is 0 Å². The summed E-state index contributed by atoms with van der Waals surface area (Å²) in [7, 11) is 1.42. The van der Waals surface area contributed by atoms with E-state index in [-0.39, 0.29) is 18.1 Å². The van der Waals surface area contributed by atoms with Crippen LogP contribution in [-0.2, 0) is 9.53 Å². The van der Waals surface area contributed by atoms with E-state index in [1.54, 1.807) is 6.20 Å². The highest BCUT2D eigenvalue weighted by molar-refractivity contribution is 9.10. The van der Waals surface area contributed by atoms with Crippen molar-refractivity contribution < 1.29 is 9.53 Å². The summed E-state index contributed by atoms with van der Waals surface area (Å²) in [5, 5.41) is 4.16. The molecule has 6 nitrogen and oxygen atoms in total. The lowest BCUT2D eigenvalue weighted by molar-refractivity contribution is -0.140. The minimum atomic E-state index is -0.210. The lowest BCUT2D eigenvalue weighted by atomic mass is 9.96. The Bertz CT molecular complexity index is 1160. The minimum Gasteiger partial charge on any atom is -0.469 e. The molecule has 0 aliphatic carbocycles. The van der Waals surface area contributed by atoms with E-state index < -0.39 is 0 Å².